The van der Waals surface area contributed by atoms with E-state index in [2.05, 4.69) is 40.4 Å². The minimum atomic E-state index is -0.113. The van der Waals surface area contributed by atoms with Crippen molar-refractivity contribution in [3.8, 4) is 28.3 Å². The van der Waals surface area contributed by atoms with Crippen LogP contribution in [0.25, 0.3) is 50.5 Å². The van der Waals surface area contributed by atoms with E-state index in [0.717, 1.165) is 33.4 Å². The molecule has 3 N–H and O–H groups in total. The van der Waals surface area contributed by atoms with Gasteiger partial charge in [0.2, 0.25) is 5.91 Å². The molecule has 0 aliphatic carbocycles. The molecule has 184 valence electrons. The number of aromatic amines is 2. The van der Waals surface area contributed by atoms with Gasteiger partial charge in [0.25, 0.3) is 0 Å². The number of likely N-dealkylation sites (N-methyl/N-ethyl adjacent to an activating group) is 1. The van der Waals surface area contributed by atoms with Crippen LogP contribution in [0.1, 0.15) is 5.69 Å². The van der Waals surface area contributed by atoms with E-state index in [4.69, 9.17) is 4.98 Å². The highest BCUT2D eigenvalue weighted by atomic mass is 16.2. The summed E-state index contributed by atoms with van der Waals surface area (Å²) in [5, 5.41) is 11.1. The summed E-state index contributed by atoms with van der Waals surface area (Å²) in [6, 6.07) is 5.76. The highest BCUT2D eigenvalue weighted by Crippen LogP contribution is 2.30. The Balaban J connectivity index is 1.38. The van der Waals surface area contributed by atoms with E-state index in [9.17, 15) is 4.79 Å². The Kier molecular flexibility index (Phi) is 5.42. The molecule has 6 aromatic rings. The molecule has 0 bridgehead atoms. The van der Waals surface area contributed by atoms with Crippen LogP contribution < -0.4 is 5.32 Å². The predicted octanol–water partition coefficient (Wildman–Crippen LogP) is 2.95. The zero-order chi connectivity index (χ0) is 25.5. The fraction of sp³-hybridized carbons (Fsp3) is 0.160. The molecule has 6 aromatic heterocycles. The number of carbonyl (C=O) groups is 1. The second-order valence-electron chi connectivity index (χ2n) is 8.98. The number of hydrogen-bond donors (Lipinski definition) is 3. The van der Waals surface area contributed by atoms with Crippen LogP contribution in [0.4, 0.5) is 5.69 Å². The van der Waals surface area contributed by atoms with Crippen LogP contribution >= 0.6 is 0 Å². The maximum absolute atomic E-state index is 12.2. The first-order chi connectivity index (χ1) is 17.9. The molecule has 0 aliphatic heterocycles. The van der Waals surface area contributed by atoms with Gasteiger partial charge in [-0.25, -0.2) is 19.9 Å². The standard InChI is InChI=1S/C25H23N11O/c1-14-11-36(13-29-14)19-4-5-27-24-22(19)31-25(32-24)21-18-7-16(9-28-23(18)34-33-21)15-6-17(10-26-8-15)30-20(37)12-35(2)3/h4-11,13H,12H2,1-3H3,(H,30,37)(H,27,31,32)(H,28,33,34). The normalized spacial score (nSPS) is 11.6. The number of carbonyl (C=O) groups excluding carboxylic acids is 1. The average molecular weight is 494 g/mol. The van der Waals surface area contributed by atoms with Crippen molar-refractivity contribution in [2.45, 2.75) is 6.92 Å². The second-order valence-corrected chi connectivity index (χ2v) is 8.98. The summed E-state index contributed by atoms with van der Waals surface area (Å²) in [7, 11) is 3.68. The van der Waals surface area contributed by atoms with Crippen molar-refractivity contribution < 1.29 is 4.79 Å². The van der Waals surface area contributed by atoms with Crippen LogP contribution in [-0.4, -0.2) is 76.1 Å². The molecule has 0 saturated carbocycles. The van der Waals surface area contributed by atoms with Crippen molar-refractivity contribution in [3.05, 3.63) is 61.2 Å². The topological polar surface area (TPSA) is 146 Å². The fourth-order valence-corrected chi connectivity index (χ4v) is 4.18. The Labute approximate surface area is 210 Å². The van der Waals surface area contributed by atoms with Crippen molar-refractivity contribution >= 4 is 33.8 Å². The van der Waals surface area contributed by atoms with Gasteiger partial charge in [-0.3, -0.25) is 14.9 Å². The summed E-state index contributed by atoms with van der Waals surface area (Å²) in [4.78, 5) is 39.6. The van der Waals surface area contributed by atoms with Crippen LogP contribution in [0.2, 0.25) is 0 Å². The Hall–Kier alpha value is -4.97. The highest BCUT2D eigenvalue weighted by molar-refractivity contribution is 5.95. The molecule has 0 spiro atoms. The third-order valence-electron chi connectivity index (χ3n) is 5.82. The number of fused-ring (bicyclic) bond motifs is 2. The molecule has 6 heterocycles. The number of anilines is 1. The predicted molar refractivity (Wildman–Crippen MR) is 139 cm³/mol. The van der Waals surface area contributed by atoms with Gasteiger partial charge in [0.1, 0.15) is 11.2 Å². The van der Waals surface area contributed by atoms with Gasteiger partial charge in [0.05, 0.1) is 41.5 Å². The van der Waals surface area contributed by atoms with E-state index >= 15 is 0 Å². The number of imidazole rings is 2. The van der Waals surface area contributed by atoms with Crippen LogP contribution in [-0.2, 0) is 4.79 Å². The second kappa shape index (κ2) is 8.91. The molecule has 0 aliphatic rings. The first kappa shape index (κ1) is 22.5. The smallest absolute Gasteiger partial charge is 0.238 e. The summed E-state index contributed by atoms with van der Waals surface area (Å²) < 4.78 is 1.93. The third kappa shape index (κ3) is 4.29. The zero-order valence-corrected chi connectivity index (χ0v) is 20.4. The molecular weight excluding hydrogens is 470 g/mol. The number of aromatic nitrogens is 9. The Bertz CT molecular complexity index is 1760. The summed E-state index contributed by atoms with van der Waals surface area (Å²) in [6.45, 7) is 2.22. The van der Waals surface area contributed by atoms with Crippen LogP contribution in [0, 0.1) is 6.92 Å². The number of amides is 1. The van der Waals surface area contributed by atoms with Crippen molar-refractivity contribution in [3.63, 3.8) is 0 Å². The molecule has 0 unspecified atom stereocenters. The number of H-pyrrole nitrogens is 2. The van der Waals surface area contributed by atoms with Gasteiger partial charge >= 0.3 is 0 Å². The average Bonchev–Trinajstić information content (AvgIpc) is 3.60. The highest BCUT2D eigenvalue weighted by Gasteiger charge is 2.17. The summed E-state index contributed by atoms with van der Waals surface area (Å²) >= 11 is 0. The number of hydrogen-bond acceptors (Lipinski definition) is 8. The first-order valence-electron chi connectivity index (χ1n) is 11.5. The van der Waals surface area contributed by atoms with Gasteiger partial charge in [-0.15, -0.1) is 0 Å². The van der Waals surface area contributed by atoms with Crippen molar-refractivity contribution in [2.75, 3.05) is 26.0 Å². The lowest BCUT2D eigenvalue weighted by atomic mass is 10.1. The monoisotopic (exact) mass is 493 g/mol. The van der Waals surface area contributed by atoms with Gasteiger partial charge in [-0.2, -0.15) is 5.10 Å². The van der Waals surface area contributed by atoms with Crippen LogP contribution in [0.15, 0.2) is 55.5 Å². The lowest BCUT2D eigenvalue weighted by Crippen LogP contribution is -2.27. The molecule has 0 aromatic carbocycles. The van der Waals surface area contributed by atoms with E-state index in [1.54, 1.807) is 36.0 Å². The summed E-state index contributed by atoms with van der Waals surface area (Å²) in [5.41, 5.74) is 6.68. The number of pyridine rings is 3. The molecule has 12 heteroatoms. The summed E-state index contributed by atoms with van der Waals surface area (Å²) in [6.07, 6.45) is 10.5. The Morgan fingerprint density at radius 2 is 1.95 bits per heavy atom. The van der Waals surface area contributed by atoms with Crippen molar-refractivity contribution in [2.24, 2.45) is 0 Å². The number of nitrogens with zero attached hydrogens (tertiary/aromatic N) is 8. The van der Waals surface area contributed by atoms with Crippen molar-refractivity contribution in [1.82, 2.24) is 49.6 Å². The fourth-order valence-electron chi connectivity index (χ4n) is 4.18. The molecular formula is C25H23N11O. The van der Waals surface area contributed by atoms with Gasteiger partial charge in [-0.1, -0.05) is 0 Å². The number of nitrogens with one attached hydrogen (secondary N) is 3. The quantitative estimate of drug-likeness (QED) is 0.321. The van der Waals surface area contributed by atoms with E-state index in [0.29, 0.717) is 28.5 Å². The molecule has 0 radical (unpaired) electrons. The SMILES string of the molecule is Cc1cn(-c2ccnc3nc(-c4[nH]nc5ncc(-c6cncc(NC(=O)CN(C)C)c6)cc45)[nH]c23)cn1. The molecule has 37 heavy (non-hydrogen) atoms. The molecule has 0 atom stereocenters. The summed E-state index contributed by atoms with van der Waals surface area (Å²) in [5.74, 6) is 0.481. The third-order valence-corrected chi connectivity index (χ3v) is 5.82. The van der Waals surface area contributed by atoms with E-state index in [1.165, 1.54) is 0 Å². The van der Waals surface area contributed by atoms with E-state index in [1.807, 2.05) is 50.0 Å². The number of rotatable bonds is 6. The van der Waals surface area contributed by atoms with Gasteiger partial charge in [-0.05, 0) is 39.2 Å². The van der Waals surface area contributed by atoms with Crippen LogP contribution in [0.3, 0.4) is 0 Å². The van der Waals surface area contributed by atoms with Gasteiger partial charge in [0.15, 0.2) is 17.1 Å². The van der Waals surface area contributed by atoms with E-state index in [-0.39, 0.29) is 12.5 Å². The molecule has 12 nitrogen and oxygen atoms in total. The maximum Gasteiger partial charge on any atom is 0.238 e. The first-order valence-corrected chi connectivity index (χ1v) is 11.5. The van der Waals surface area contributed by atoms with E-state index < -0.39 is 0 Å². The minimum absolute atomic E-state index is 0.113. The number of aryl methyl sites for hydroxylation is 1. The van der Waals surface area contributed by atoms with Crippen LogP contribution in [0.5, 0.6) is 0 Å². The zero-order valence-electron chi connectivity index (χ0n) is 20.4. The molecule has 0 fully saturated rings. The molecule has 0 saturated heterocycles. The van der Waals surface area contributed by atoms with Crippen molar-refractivity contribution in [1.29, 1.82) is 0 Å². The molecule has 1 amide bonds. The van der Waals surface area contributed by atoms with Gasteiger partial charge in [0, 0.05) is 35.9 Å². The lowest BCUT2D eigenvalue weighted by Gasteiger charge is -2.10. The lowest BCUT2D eigenvalue weighted by molar-refractivity contribution is -0.116. The Morgan fingerprint density at radius 1 is 1.08 bits per heavy atom. The Morgan fingerprint density at radius 3 is 2.76 bits per heavy atom. The molecule has 6 rings (SSSR count). The van der Waals surface area contributed by atoms with Gasteiger partial charge < -0.3 is 19.8 Å². The largest absolute Gasteiger partial charge is 0.334 e. The maximum atomic E-state index is 12.2. The minimum Gasteiger partial charge on any atom is -0.334 e.